The maximum absolute atomic E-state index is 12.7. The lowest BCUT2D eigenvalue weighted by Gasteiger charge is -2.48. The number of amides is 1. The van der Waals surface area contributed by atoms with Crippen LogP contribution >= 0.6 is 0 Å². The monoisotopic (exact) mass is 525 g/mol. The van der Waals surface area contributed by atoms with Crippen LogP contribution in [0.1, 0.15) is 31.9 Å². The van der Waals surface area contributed by atoms with Crippen LogP contribution in [-0.2, 0) is 33.3 Å². The van der Waals surface area contributed by atoms with Crippen molar-refractivity contribution < 1.29 is 34.7 Å². The minimum Gasteiger partial charge on any atom is -0.444 e. The summed E-state index contributed by atoms with van der Waals surface area (Å²) in [5.74, 6) is 0. The van der Waals surface area contributed by atoms with Crippen LogP contribution in [0.2, 0.25) is 0 Å². The Kier molecular flexibility index (Phi) is 7.66. The molecule has 1 fully saturated rings. The second-order valence-corrected chi connectivity index (χ2v) is 13.1. The summed E-state index contributed by atoms with van der Waals surface area (Å²) in [6.45, 7) is 8.13. The molecule has 9 nitrogen and oxygen atoms in total. The van der Waals surface area contributed by atoms with Crippen molar-refractivity contribution in [2.24, 2.45) is 5.41 Å². The van der Waals surface area contributed by atoms with Gasteiger partial charge in [0.1, 0.15) is 5.60 Å². The van der Waals surface area contributed by atoms with E-state index in [1.54, 1.807) is 45.0 Å². The highest BCUT2D eigenvalue weighted by atomic mass is 32.2. The van der Waals surface area contributed by atoms with Gasteiger partial charge in [-0.2, -0.15) is 16.8 Å². The van der Waals surface area contributed by atoms with Crippen LogP contribution in [0.15, 0.2) is 58.3 Å². The Morgan fingerprint density at radius 1 is 0.800 bits per heavy atom. The van der Waals surface area contributed by atoms with E-state index in [4.69, 9.17) is 13.1 Å². The zero-order chi connectivity index (χ0) is 26.1. The highest BCUT2D eigenvalue weighted by Gasteiger charge is 2.49. The van der Waals surface area contributed by atoms with Crippen LogP contribution in [0.5, 0.6) is 0 Å². The molecule has 3 rings (SSSR count). The van der Waals surface area contributed by atoms with Crippen molar-refractivity contribution >= 4 is 26.3 Å². The Labute approximate surface area is 207 Å². The molecule has 0 spiro atoms. The van der Waals surface area contributed by atoms with E-state index in [9.17, 15) is 21.6 Å². The molecule has 1 heterocycles. The average molecular weight is 526 g/mol. The summed E-state index contributed by atoms with van der Waals surface area (Å²) in [6, 6.07) is 12.3. The molecule has 2 aromatic carbocycles. The van der Waals surface area contributed by atoms with Crippen molar-refractivity contribution in [3.05, 3.63) is 59.7 Å². The summed E-state index contributed by atoms with van der Waals surface area (Å²) in [4.78, 5) is 13.7. The molecule has 0 radical (unpaired) electrons. The molecule has 0 aromatic heterocycles. The molecule has 35 heavy (non-hydrogen) atoms. The van der Waals surface area contributed by atoms with Crippen LogP contribution in [0.25, 0.3) is 0 Å². The Hall–Kier alpha value is -2.47. The molecule has 1 amide bonds. The third-order valence-electron chi connectivity index (χ3n) is 5.36. The molecular weight excluding hydrogens is 494 g/mol. The van der Waals surface area contributed by atoms with E-state index < -0.39 is 37.3 Å². The molecule has 0 N–H and O–H groups in total. The van der Waals surface area contributed by atoms with Gasteiger partial charge in [-0.05, 0) is 58.9 Å². The SMILES string of the molecule is Cc1ccc(S(=O)(=O)OCC2(COS(=O)(=O)c3ccc(C)cc3)CN(C(=O)OC(C)(C)C)C2)cc1. The highest BCUT2D eigenvalue weighted by molar-refractivity contribution is 7.87. The van der Waals surface area contributed by atoms with Crippen LogP contribution in [0, 0.1) is 19.3 Å². The highest BCUT2D eigenvalue weighted by Crippen LogP contribution is 2.35. The molecule has 1 saturated heterocycles. The van der Waals surface area contributed by atoms with E-state index in [0.29, 0.717) is 0 Å². The zero-order valence-corrected chi connectivity index (χ0v) is 22.1. The first kappa shape index (κ1) is 27.1. The van der Waals surface area contributed by atoms with Crippen molar-refractivity contribution in [3.63, 3.8) is 0 Å². The van der Waals surface area contributed by atoms with E-state index in [1.807, 2.05) is 13.8 Å². The fourth-order valence-electron chi connectivity index (χ4n) is 3.39. The minimum atomic E-state index is -4.10. The second kappa shape index (κ2) is 9.88. The number of ether oxygens (including phenoxy) is 1. The first-order valence-corrected chi connectivity index (χ1v) is 13.8. The molecule has 1 aliphatic heterocycles. The summed E-state index contributed by atoms with van der Waals surface area (Å²) in [7, 11) is -8.21. The predicted molar refractivity (Wildman–Crippen MR) is 129 cm³/mol. The van der Waals surface area contributed by atoms with Crippen molar-refractivity contribution in [1.82, 2.24) is 4.90 Å². The van der Waals surface area contributed by atoms with Gasteiger partial charge in [0.15, 0.2) is 0 Å². The number of rotatable bonds is 8. The standard InChI is InChI=1S/C24H31NO8S2/c1-18-6-10-20(11-7-18)34(27,28)31-16-24(14-25(15-24)22(26)33-23(3,4)5)17-32-35(29,30)21-12-8-19(2)9-13-21/h6-13H,14-17H2,1-5H3. The number of benzene rings is 2. The molecule has 11 heteroatoms. The Bertz CT molecular complexity index is 1170. The summed E-state index contributed by atoms with van der Waals surface area (Å²) in [5.41, 5.74) is 0.00228. The lowest BCUT2D eigenvalue weighted by molar-refractivity contribution is -0.0675. The predicted octanol–water partition coefficient (Wildman–Crippen LogP) is 3.65. The molecule has 0 unspecified atom stereocenters. The van der Waals surface area contributed by atoms with E-state index in [1.165, 1.54) is 29.2 Å². The lowest BCUT2D eigenvalue weighted by Crippen LogP contribution is -2.63. The number of carbonyl (C=O) groups excluding carboxylic acids is 1. The van der Waals surface area contributed by atoms with Gasteiger partial charge in [0.2, 0.25) is 0 Å². The fourth-order valence-corrected chi connectivity index (χ4v) is 5.42. The van der Waals surface area contributed by atoms with E-state index in [-0.39, 0.29) is 36.1 Å². The molecular formula is C24H31NO8S2. The van der Waals surface area contributed by atoms with Gasteiger partial charge in [0.05, 0.1) is 28.4 Å². The largest absolute Gasteiger partial charge is 0.444 e. The maximum atomic E-state index is 12.7. The Morgan fingerprint density at radius 3 is 1.51 bits per heavy atom. The maximum Gasteiger partial charge on any atom is 0.410 e. The number of hydrogen-bond donors (Lipinski definition) is 0. The first-order chi connectivity index (χ1) is 16.1. The third kappa shape index (κ3) is 7.03. The van der Waals surface area contributed by atoms with Gasteiger partial charge >= 0.3 is 6.09 Å². The van der Waals surface area contributed by atoms with Gasteiger partial charge in [-0.25, -0.2) is 4.79 Å². The number of carbonyl (C=O) groups is 1. The first-order valence-electron chi connectivity index (χ1n) is 11.0. The van der Waals surface area contributed by atoms with Gasteiger partial charge in [-0.3, -0.25) is 8.37 Å². The molecule has 0 aliphatic carbocycles. The van der Waals surface area contributed by atoms with Crippen LogP contribution in [-0.4, -0.2) is 59.7 Å². The van der Waals surface area contributed by atoms with Crippen molar-refractivity contribution in [2.45, 2.75) is 50.0 Å². The second-order valence-electron chi connectivity index (χ2n) is 9.90. The van der Waals surface area contributed by atoms with E-state index in [2.05, 4.69) is 0 Å². The quantitative estimate of drug-likeness (QED) is 0.480. The van der Waals surface area contributed by atoms with Crippen LogP contribution < -0.4 is 0 Å². The summed E-state index contributed by atoms with van der Waals surface area (Å²) >= 11 is 0. The van der Waals surface area contributed by atoms with Crippen molar-refractivity contribution in [1.29, 1.82) is 0 Å². The normalized spacial score (nSPS) is 16.0. The fraction of sp³-hybridized carbons (Fsp3) is 0.458. The van der Waals surface area contributed by atoms with Gasteiger partial charge < -0.3 is 9.64 Å². The zero-order valence-electron chi connectivity index (χ0n) is 20.5. The summed E-state index contributed by atoms with van der Waals surface area (Å²) in [5, 5.41) is 0. The molecule has 0 bridgehead atoms. The molecule has 0 saturated carbocycles. The number of hydrogen-bond acceptors (Lipinski definition) is 8. The van der Waals surface area contributed by atoms with Gasteiger partial charge in [-0.1, -0.05) is 35.4 Å². The topological polar surface area (TPSA) is 116 Å². The molecule has 2 aromatic rings. The van der Waals surface area contributed by atoms with Crippen LogP contribution in [0.3, 0.4) is 0 Å². The van der Waals surface area contributed by atoms with Gasteiger partial charge in [0, 0.05) is 13.1 Å². The third-order valence-corrected chi connectivity index (χ3v) is 7.92. The van der Waals surface area contributed by atoms with E-state index >= 15 is 0 Å². The summed E-state index contributed by atoms with van der Waals surface area (Å²) in [6.07, 6.45) is -0.587. The van der Waals surface area contributed by atoms with Crippen molar-refractivity contribution in [3.8, 4) is 0 Å². The molecule has 0 atom stereocenters. The smallest absolute Gasteiger partial charge is 0.410 e. The summed E-state index contributed by atoms with van der Waals surface area (Å²) < 4.78 is 66.8. The van der Waals surface area contributed by atoms with Gasteiger partial charge in [-0.15, -0.1) is 0 Å². The molecule has 192 valence electrons. The lowest BCUT2D eigenvalue weighted by atomic mass is 9.82. The van der Waals surface area contributed by atoms with Crippen LogP contribution in [0.4, 0.5) is 4.79 Å². The number of likely N-dealkylation sites (tertiary alicyclic amines) is 1. The Balaban J connectivity index is 1.75. The van der Waals surface area contributed by atoms with E-state index in [0.717, 1.165) is 11.1 Å². The number of nitrogens with zero attached hydrogens (tertiary/aromatic N) is 1. The average Bonchev–Trinajstić information content (AvgIpc) is 2.72. The number of aryl methyl sites for hydroxylation is 2. The van der Waals surface area contributed by atoms with Gasteiger partial charge in [0.25, 0.3) is 20.2 Å². The minimum absolute atomic E-state index is 0.00868. The molecule has 1 aliphatic rings. The Morgan fingerprint density at radius 2 is 1.17 bits per heavy atom. The van der Waals surface area contributed by atoms with Crippen molar-refractivity contribution in [2.75, 3.05) is 26.3 Å².